The molecule has 0 bridgehead atoms. The van der Waals surface area contributed by atoms with Crippen molar-refractivity contribution in [1.82, 2.24) is 5.32 Å². The summed E-state index contributed by atoms with van der Waals surface area (Å²) in [5.74, 6) is 0. The second kappa shape index (κ2) is 2.26. The van der Waals surface area contributed by atoms with E-state index < -0.39 is 0 Å². The van der Waals surface area contributed by atoms with E-state index in [0.29, 0.717) is 5.41 Å². The lowest BCUT2D eigenvalue weighted by molar-refractivity contribution is 0.477. The number of nitrogens with one attached hydrogen (secondary N) is 1. The minimum absolute atomic E-state index is 0.510. The molecule has 0 aromatic rings. The SMILES string of the molecule is CCC1(CNC#N)CC1. The van der Waals surface area contributed by atoms with Crippen molar-refractivity contribution < 1.29 is 0 Å². The molecule has 50 valence electrons. The van der Waals surface area contributed by atoms with E-state index in [1.807, 2.05) is 6.19 Å². The molecule has 0 unspecified atom stereocenters. The zero-order valence-electron chi connectivity index (χ0n) is 5.78. The Bertz CT molecular complexity index is 130. The summed E-state index contributed by atoms with van der Waals surface area (Å²) in [5, 5.41) is 10.9. The van der Waals surface area contributed by atoms with Crippen LogP contribution in [0.2, 0.25) is 0 Å². The number of hydrogen-bond acceptors (Lipinski definition) is 2. The average molecular weight is 124 g/mol. The first-order valence-electron chi connectivity index (χ1n) is 3.45. The van der Waals surface area contributed by atoms with E-state index in [-0.39, 0.29) is 0 Å². The fourth-order valence-corrected chi connectivity index (χ4v) is 1.06. The fourth-order valence-electron chi connectivity index (χ4n) is 1.06. The zero-order chi connectivity index (χ0) is 6.74. The van der Waals surface area contributed by atoms with Gasteiger partial charge in [0.2, 0.25) is 0 Å². The maximum Gasteiger partial charge on any atom is 0.176 e. The lowest BCUT2D eigenvalue weighted by Gasteiger charge is -2.08. The Morgan fingerprint density at radius 1 is 1.67 bits per heavy atom. The molecular formula is C7H12N2. The van der Waals surface area contributed by atoms with E-state index in [9.17, 15) is 0 Å². The molecule has 0 heterocycles. The highest BCUT2D eigenvalue weighted by molar-refractivity contribution is 4.94. The maximum atomic E-state index is 8.19. The van der Waals surface area contributed by atoms with Crippen LogP contribution in [-0.2, 0) is 0 Å². The molecule has 2 heteroatoms. The van der Waals surface area contributed by atoms with Crippen molar-refractivity contribution in [3.05, 3.63) is 0 Å². The second-order valence-electron chi connectivity index (χ2n) is 2.82. The van der Waals surface area contributed by atoms with E-state index in [1.165, 1.54) is 19.3 Å². The van der Waals surface area contributed by atoms with Crippen molar-refractivity contribution >= 4 is 0 Å². The summed E-state index contributed by atoms with van der Waals surface area (Å²) < 4.78 is 0. The smallest absolute Gasteiger partial charge is 0.176 e. The maximum absolute atomic E-state index is 8.19. The van der Waals surface area contributed by atoms with E-state index in [0.717, 1.165) is 6.54 Å². The molecule has 0 atom stereocenters. The van der Waals surface area contributed by atoms with Gasteiger partial charge in [-0.2, -0.15) is 5.26 Å². The van der Waals surface area contributed by atoms with E-state index in [1.54, 1.807) is 0 Å². The van der Waals surface area contributed by atoms with Gasteiger partial charge in [0.15, 0.2) is 6.19 Å². The first kappa shape index (κ1) is 6.41. The predicted molar refractivity (Wildman–Crippen MR) is 35.6 cm³/mol. The van der Waals surface area contributed by atoms with Crippen molar-refractivity contribution in [3.63, 3.8) is 0 Å². The molecule has 1 saturated carbocycles. The number of nitriles is 1. The minimum Gasteiger partial charge on any atom is -0.323 e. The van der Waals surface area contributed by atoms with Gasteiger partial charge >= 0.3 is 0 Å². The van der Waals surface area contributed by atoms with Crippen LogP contribution in [0.4, 0.5) is 0 Å². The van der Waals surface area contributed by atoms with Gasteiger partial charge in [0.05, 0.1) is 0 Å². The zero-order valence-corrected chi connectivity index (χ0v) is 5.78. The summed E-state index contributed by atoms with van der Waals surface area (Å²) in [6.45, 7) is 3.08. The molecule has 0 saturated heterocycles. The van der Waals surface area contributed by atoms with Gasteiger partial charge in [-0.15, -0.1) is 0 Å². The van der Waals surface area contributed by atoms with Crippen LogP contribution in [0.3, 0.4) is 0 Å². The Morgan fingerprint density at radius 2 is 2.33 bits per heavy atom. The monoisotopic (exact) mass is 124 g/mol. The average Bonchev–Trinajstić information content (AvgIpc) is 2.65. The number of rotatable bonds is 3. The normalized spacial score (nSPS) is 20.4. The van der Waals surface area contributed by atoms with Crippen LogP contribution in [0.1, 0.15) is 26.2 Å². The van der Waals surface area contributed by atoms with Gasteiger partial charge in [-0.3, -0.25) is 0 Å². The van der Waals surface area contributed by atoms with Gasteiger partial charge in [0.1, 0.15) is 0 Å². The van der Waals surface area contributed by atoms with Gasteiger partial charge in [0.25, 0.3) is 0 Å². The summed E-state index contributed by atoms with van der Waals surface area (Å²) in [6, 6.07) is 0. The topological polar surface area (TPSA) is 35.8 Å². The minimum atomic E-state index is 0.510. The highest BCUT2D eigenvalue weighted by atomic mass is 14.9. The first-order chi connectivity index (χ1) is 4.33. The van der Waals surface area contributed by atoms with E-state index >= 15 is 0 Å². The van der Waals surface area contributed by atoms with Crippen LogP contribution >= 0.6 is 0 Å². The molecule has 0 aliphatic heterocycles. The Morgan fingerprint density at radius 3 is 2.67 bits per heavy atom. The highest BCUT2D eigenvalue weighted by Crippen LogP contribution is 2.47. The Kier molecular flexibility index (Phi) is 1.61. The second-order valence-corrected chi connectivity index (χ2v) is 2.82. The third-order valence-corrected chi connectivity index (χ3v) is 2.25. The highest BCUT2D eigenvalue weighted by Gasteiger charge is 2.40. The summed E-state index contributed by atoms with van der Waals surface area (Å²) >= 11 is 0. The summed E-state index contributed by atoms with van der Waals surface area (Å²) in [6.07, 6.45) is 5.77. The largest absolute Gasteiger partial charge is 0.323 e. The fraction of sp³-hybridized carbons (Fsp3) is 0.857. The number of nitrogens with zero attached hydrogens (tertiary/aromatic N) is 1. The van der Waals surface area contributed by atoms with Gasteiger partial charge < -0.3 is 5.32 Å². The molecule has 2 nitrogen and oxygen atoms in total. The Labute approximate surface area is 55.9 Å². The van der Waals surface area contributed by atoms with Gasteiger partial charge in [-0.05, 0) is 24.7 Å². The van der Waals surface area contributed by atoms with Crippen LogP contribution in [0.25, 0.3) is 0 Å². The molecule has 1 aliphatic rings. The van der Waals surface area contributed by atoms with Crippen LogP contribution < -0.4 is 5.32 Å². The number of hydrogen-bond donors (Lipinski definition) is 1. The van der Waals surface area contributed by atoms with Crippen LogP contribution in [0, 0.1) is 16.9 Å². The summed E-state index contributed by atoms with van der Waals surface area (Å²) in [7, 11) is 0. The molecule has 1 N–H and O–H groups in total. The lowest BCUT2D eigenvalue weighted by Crippen LogP contribution is -2.18. The van der Waals surface area contributed by atoms with Crippen LogP contribution in [0.15, 0.2) is 0 Å². The van der Waals surface area contributed by atoms with Crippen LogP contribution in [-0.4, -0.2) is 6.54 Å². The standard InChI is InChI=1S/C7H12N2/c1-2-7(3-4-7)5-9-6-8/h9H,2-5H2,1H3. The summed E-state index contributed by atoms with van der Waals surface area (Å²) in [4.78, 5) is 0. The van der Waals surface area contributed by atoms with Crippen molar-refractivity contribution in [2.75, 3.05) is 6.54 Å². The molecule has 0 spiro atoms. The molecule has 0 radical (unpaired) electrons. The van der Waals surface area contributed by atoms with Gasteiger partial charge in [0, 0.05) is 6.54 Å². The van der Waals surface area contributed by atoms with Gasteiger partial charge in [-0.1, -0.05) is 6.92 Å². The quantitative estimate of drug-likeness (QED) is 0.454. The predicted octanol–water partition coefficient (Wildman–Crippen LogP) is 1.25. The van der Waals surface area contributed by atoms with Gasteiger partial charge in [-0.25, -0.2) is 0 Å². The molecule has 9 heavy (non-hydrogen) atoms. The molecular weight excluding hydrogens is 112 g/mol. The molecule has 1 fully saturated rings. The van der Waals surface area contributed by atoms with Crippen molar-refractivity contribution in [2.24, 2.45) is 5.41 Å². The van der Waals surface area contributed by atoms with Crippen LogP contribution in [0.5, 0.6) is 0 Å². The van der Waals surface area contributed by atoms with Crippen molar-refractivity contribution in [3.8, 4) is 6.19 Å². The van der Waals surface area contributed by atoms with E-state index in [2.05, 4.69) is 12.2 Å². The Hall–Kier alpha value is -0.710. The third kappa shape index (κ3) is 1.35. The lowest BCUT2D eigenvalue weighted by atomic mass is 10.0. The first-order valence-corrected chi connectivity index (χ1v) is 3.45. The van der Waals surface area contributed by atoms with E-state index in [4.69, 9.17) is 5.26 Å². The summed E-state index contributed by atoms with van der Waals surface area (Å²) in [5.41, 5.74) is 0.510. The third-order valence-electron chi connectivity index (χ3n) is 2.25. The van der Waals surface area contributed by atoms with Crippen molar-refractivity contribution in [2.45, 2.75) is 26.2 Å². The molecule has 0 amide bonds. The molecule has 1 rings (SSSR count). The molecule has 0 aromatic heterocycles. The van der Waals surface area contributed by atoms with Crippen molar-refractivity contribution in [1.29, 1.82) is 5.26 Å². The molecule has 0 aromatic carbocycles. The molecule has 1 aliphatic carbocycles. The Balaban J connectivity index is 2.19.